The highest BCUT2D eigenvalue weighted by Crippen LogP contribution is 2.41. The molecule has 2 aromatic rings. The summed E-state index contributed by atoms with van der Waals surface area (Å²) in [5.74, 6) is -0.143. The average Bonchev–Trinajstić information content (AvgIpc) is 3.12. The molecule has 0 aliphatic carbocycles. The van der Waals surface area contributed by atoms with Crippen molar-refractivity contribution < 1.29 is 8.42 Å². The summed E-state index contributed by atoms with van der Waals surface area (Å²) in [6, 6.07) is 17.6. The summed E-state index contributed by atoms with van der Waals surface area (Å²) < 4.78 is 28.0. The molecule has 2 N–H and O–H groups in total. The van der Waals surface area contributed by atoms with Gasteiger partial charge in [-0.1, -0.05) is 48.0 Å². The highest BCUT2D eigenvalue weighted by molar-refractivity contribution is 7.89. The van der Waals surface area contributed by atoms with Gasteiger partial charge in [0, 0.05) is 0 Å². The van der Waals surface area contributed by atoms with Crippen molar-refractivity contribution in [3.05, 3.63) is 77.6 Å². The van der Waals surface area contributed by atoms with Crippen LogP contribution in [0.3, 0.4) is 0 Å². The quantitative estimate of drug-likeness (QED) is 0.862. The molecule has 0 amide bonds. The lowest BCUT2D eigenvalue weighted by Crippen LogP contribution is -2.50. The molecule has 0 aromatic heterocycles. The Morgan fingerprint density at radius 1 is 1.14 bits per heavy atom. The van der Waals surface area contributed by atoms with Crippen LogP contribution in [0, 0.1) is 24.2 Å². The summed E-state index contributed by atoms with van der Waals surface area (Å²) in [7, 11) is -3.83. The maximum Gasteiger partial charge on any atom is 0.260 e. The molecule has 0 fully saturated rings. The molecule has 0 saturated heterocycles. The lowest BCUT2D eigenvalue weighted by molar-refractivity contribution is 0.0643. The van der Waals surface area contributed by atoms with E-state index in [0.717, 1.165) is 11.1 Å². The van der Waals surface area contributed by atoms with Crippen molar-refractivity contribution in [2.75, 3.05) is 6.54 Å². The second-order valence-corrected chi connectivity index (χ2v) is 8.57. The molecular weight excluding hydrogens is 374 g/mol. The normalized spacial score (nSPS) is 22.2. The van der Waals surface area contributed by atoms with Crippen molar-refractivity contribution in [3.8, 4) is 6.07 Å². The highest BCUT2D eigenvalue weighted by Gasteiger charge is 2.46. The van der Waals surface area contributed by atoms with Gasteiger partial charge >= 0.3 is 0 Å². The average molecular weight is 393 g/mol. The van der Waals surface area contributed by atoms with Crippen molar-refractivity contribution in [2.24, 2.45) is 16.6 Å². The number of nitrogens with two attached hydrogens (primary N) is 1. The summed E-state index contributed by atoms with van der Waals surface area (Å²) in [6.45, 7) is 2.03. The van der Waals surface area contributed by atoms with Crippen LogP contribution in [0.4, 0.5) is 0 Å². The number of aliphatic imine (C=N–C) groups is 1. The molecule has 28 heavy (non-hydrogen) atoms. The number of rotatable bonds is 3. The maximum absolute atomic E-state index is 13.3. The van der Waals surface area contributed by atoms with Crippen LogP contribution >= 0.6 is 0 Å². The first-order valence-electron chi connectivity index (χ1n) is 8.81. The summed E-state index contributed by atoms with van der Waals surface area (Å²) in [5.41, 5.74) is 7.82. The molecule has 0 radical (unpaired) electrons. The first-order valence-corrected chi connectivity index (χ1v) is 10.2. The van der Waals surface area contributed by atoms with Gasteiger partial charge in [-0.15, -0.1) is 4.41 Å². The number of benzene rings is 2. The molecule has 2 aliphatic rings. The molecule has 2 unspecified atom stereocenters. The standard InChI is InChI=1S/C20H19N5O2S/c1-14-7-9-16(10-8-14)28(26,27)24-12-11-18-23-20(22)17(13-21)19(25(18)24)15-5-3-2-4-6-15/h2-11,17,19H,12H2,1H3,(H2,22,23). The molecule has 0 spiro atoms. The van der Waals surface area contributed by atoms with E-state index in [1.165, 1.54) is 4.41 Å². The molecule has 2 atom stereocenters. The zero-order valence-electron chi connectivity index (χ0n) is 15.2. The minimum Gasteiger partial charge on any atom is -0.386 e. The van der Waals surface area contributed by atoms with E-state index in [4.69, 9.17) is 5.73 Å². The van der Waals surface area contributed by atoms with E-state index in [2.05, 4.69) is 11.1 Å². The van der Waals surface area contributed by atoms with Crippen molar-refractivity contribution in [3.63, 3.8) is 0 Å². The van der Waals surface area contributed by atoms with Crippen LogP contribution in [0.1, 0.15) is 17.2 Å². The first-order chi connectivity index (χ1) is 13.4. The van der Waals surface area contributed by atoms with Crippen LogP contribution < -0.4 is 5.73 Å². The first kappa shape index (κ1) is 18.2. The molecule has 4 rings (SSSR count). The van der Waals surface area contributed by atoms with Crippen LogP contribution in [0.2, 0.25) is 0 Å². The number of aryl methyl sites for hydroxylation is 1. The lowest BCUT2D eigenvalue weighted by Gasteiger charge is -2.41. The van der Waals surface area contributed by atoms with E-state index in [9.17, 15) is 13.7 Å². The third-order valence-electron chi connectivity index (χ3n) is 4.92. The number of hydrogen-bond donors (Lipinski definition) is 1. The Labute approximate surface area is 164 Å². The van der Waals surface area contributed by atoms with Gasteiger partial charge < -0.3 is 5.73 Å². The minimum atomic E-state index is -3.83. The predicted octanol–water partition coefficient (Wildman–Crippen LogP) is 2.31. The fourth-order valence-corrected chi connectivity index (χ4v) is 4.92. The second kappa shape index (κ2) is 6.78. The van der Waals surface area contributed by atoms with Crippen molar-refractivity contribution in [1.82, 2.24) is 9.42 Å². The number of nitrogens with zero attached hydrogens (tertiary/aromatic N) is 4. The molecule has 2 aliphatic heterocycles. The monoisotopic (exact) mass is 393 g/mol. The van der Waals surface area contributed by atoms with Crippen molar-refractivity contribution in [2.45, 2.75) is 17.9 Å². The maximum atomic E-state index is 13.3. The topological polar surface area (TPSA) is 103 Å². The van der Waals surface area contributed by atoms with Crippen LogP contribution in [0.5, 0.6) is 0 Å². The van der Waals surface area contributed by atoms with E-state index >= 15 is 0 Å². The number of sulfonamides is 1. The fraction of sp³-hybridized carbons (Fsp3) is 0.200. The number of hydrazine groups is 1. The molecule has 142 valence electrons. The molecule has 2 heterocycles. The molecule has 0 saturated carbocycles. The van der Waals surface area contributed by atoms with Gasteiger partial charge in [-0.2, -0.15) is 5.26 Å². The number of hydrogen-bond acceptors (Lipinski definition) is 6. The van der Waals surface area contributed by atoms with Crippen LogP contribution in [-0.4, -0.2) is 30.2 Å². The summed E-state index contributed by atoms with van der Waals surface area (Å²) in [5, 5.41) is 11.3. The van der Waals surface area contributed by atoms with E-state index in [-0.39, 0.29) is 17.3 Å². The van der Waals surface area contributed by atoms with E-state index in [1.54, 1.807) is 35.4 Å². The van der Waals surface area contributed by atoms with Crippen LogP contribution in [0.25, 0.3) is 0 Å². The Kier molecular flexibility index (Phi) is 4.41. The molecular formula is C20H19N5O2S. The van der Waals surface area contributed by atoms with Gasteiger partial charge in [-0.05, 0) is 30.7 Å². The number of amidine groups is 1. The molecule has 0 bridgehead atoms. The van der Waals surface area contributed by atoms with Crippen molar-refractivity contribution >= 4 is 15.9 Å². The summed E-state index contributed by atoms with van der Waals surface area (Å²) in [4.78, 5) is 4.49. The van der Waals surface area contributed by atoms with Gasteiger partial charge in [0.05, 0.1) is 23.6 Å². The summed E-state index contributed by atoms with van der Waals surface area (Å²) >= 11 is 0. The Balaban J connectivity index is 1.83. The summed E-state index contributed by atoms with van der Waals surface area (Å²) in [6.07, 6.45) is 1.71. The zero-order valence-corrected chi connectivity index (χ0v) is 16.0. The number of fused-ring (bicyclic) bond motifs is 1. The van der Waals surface area contributed by atoms with Gasteiger partial charge in [0.1, 0.15) is 17.6 Å². The number of nitriles is 1. The third kappa shape index (κ3) is 2.85. The Morgan fingerprint density at radius 3 is 2.46 bits per heavy atom. The molecule has 2 aromatic carbocycles. The zero-order chi connectivity index (χ0) is 19.9. The Bertz CT molecular complexity index is 1100. The van der Waals surface area contributed by atoms with Gasteiger partial charge in [-0.3, -0.25) is 5.01 Å². The Morgan fingerprint density at radius 2 is 1.82 bits per heavy atom. The van der Waals surface area contributed by atoms with Gasteiger partial charge in [0.2, 0.25) is 0 Å². The Hall–Kier alpha value is -3.15. The van der Waals surface area contributed by atoms with E-state index in [1.807, 2.05) is 37.3 Å². The smallest absolute Gasteiger partial charge is 0.260 e. The van der Waals surface area contributed by atoms with E-state index < -0.39 is 22.0 Å². The van der Waals surface area contributed by atoms with Crippen LogP contribution in [-0.2, 0) is 10.0 Å². The van der Waals surface area contributed by atoms with E-state index in [0.29, 0.717) is 5.82 Å². The van der Waals surface area contributed by atoms with Crippen molar-refractivity contribution in [1.29, 1.82) is 5.26 Å². The largest absolute Gasteiger partial charge is 0.386 e. The minimum absolute atomic E-state index is 0.129. The van der Waals surface area contributed by atoms with Gasteiger partial charge in [0.25, 0.3) is 10.0 Å². The van der Waals surface area contributed by atoms with Crippen LogP contribution in [0.15, 0.2) is 76.4 Å². The van der Waals surface area contributed by atoms with Gasteiger partial charge in [-0.25, -0.2) is 13.4 Å². The SMILES string of the molecule is Cc1ccc(S(=O)(=O)N2CC=C3N=C(N)C(C#N)C(c4ccccc4)N32)cc1. The highest BCUT2D eigenvalue weighted by atomic mass is 32.2. The lowest BCUT2D eigenvalue weighted by atomic mass is 9.91. The third-order valence-corrected chi connectivity index (χ3v) is 6.67. The fourth-order valence-electron chi connectivity index (χ4n) is 3.50. The second-order valence-electron chi connectivity index (χ2n) is 6.73. The predicted molar refractivity (Wildman–Crippen MR) is 105 cm³/mol. The molecule has 7 nitrogen and oxygen atoms in total. The molecule has 8 heteroatoms. The van der Waals surface area contributed by atoms with Gasteiger partial charge in [0.15, 0.2) is 0 Å².